The van der Waals surface area contributed by atoms with Gasteiger partial charge in [0.2, 0.25) is 5.91 Å². The van der Waals surface area contributed by atoms with E-state index in [2.05, 4.69) is 22.5 Å². The fraction of sp³-hybridized carbons (Fsp3) is 0.579. The number of carbonyl (C=O) groups is 1. The molecule has 0 aliphatic heterocycles. The Morgan fingerprint density at radius 2 is 2.00 bits per heavy atom. The van der Waals surface area contributed by atoms with Crippen LogP contribution < -0.4 is 15.4 Å². The van der Waals surface area contributed by atoms with Gasteiger partial charge in [-0.05, 0) is 31.9 Å². The maximum absolute atomic E-state index is 13.3. The number of benzene rings is 1. The van der Waals surface area contributed by atoms with Crippen LogP contribution in [-0.2, 0) is 4.79 Å². The van der Waals surface area contributed by atoms with Gasteiger partial charge in [0.25, 0.3) is 0 Å². The van der Waals surface area contributed by atoms with Crippen molar-refractivity contribution in [2.24, 2.45) is 4.99 Å². The summed E-state index contributed by atoms with van der Waals surface area (Å²) in [5.74, 6) is 0.664. The molecule has 154 valence electrons. The number of likely N-dealkylation sites (N-methyl/N-ethyl adjacent to an activating group) is 1. The van der Waals surface area contributed by atoms with E-state index >= 15 is 0 Å². The Morgan fingerprint density at radius 1 is 1.30 bits per heavy atom. The summed E-state index contributed by atoms with van der Waals surface area (Å²) in [4.78, 5) is 17.6. The zero-order valence-corrected chi connectivity index (χ0v) is 19.1. The molecular weight excluding hydrogens is 462 g/mol. The first kappa shape index (κ1) is 25.4. The van der Waals surface area contributed by atoms with Crippen LogP contribution >= 0.6 is 24.0 Å². The SMILES string of the molecule is CCC(C)NC(=NCC(=O)N(C)C)NCC(CC)Oc1cccc(F)c1.I. The van der Waals surface area contributed by atoms with Crippen LogP contribution in [0.4, 0.5) is 4.39 Å². The molecule has 27 heavy (non-hydrogen) atoms. The van der Waals surface area contributed by atoms with Gasteiger partial charge in [-0.3, -0.25) is 4.79 Å². The highest BCUT2D eigenvalue weighted by Gasteiger charge is 2.12. The number of ether oxygens (including phenoxy) is 1. The quantitative estimate of drug-likeness (QED) is 0.315. The van der Waals surface area contributed by atoms with E-state index in [0.717, 1.165) is 12.8 Å². The van der Waals surface area contributed by atoms with Crippen LogP contribution in [-0.4, -0.2) is 56.1 Å². The number of nitrogens with one attached hydrogen (secondary N) is 2. The molecule has 2 N–H and O–H groups in total. The van der Waals surface area contributed by atoms with E-state index in [1.165, 1.54) is 17.0 Å². The molecule has 2 atom stereocenters. The monoisotopic (exact) mass is 494 g/mol. The van der Waals surface area contributed by atoms with Gasteiger partial charge >= 0.3 is 0 Å². The maximum Gasteiger partial charge on any atom is 0.243 e. The molecule has 1 aromatic rings. The van der Waals surface area contributed by atoms with Crippen molar-refractivity contribution in [3.05, 3.63) is 30.1 Å². The average Bonchev–Trinajstić information content (AvgIpc) is 2.61. The summed E-state index contributed by atoms with van der Waals surface area (Å²) in [5, 5.41) is 6.48. The molecule has 0 aliphatic rings. The van der Waals surface area contributed by atoms with Gasteiger partial charge in [0.1, 0.15) is 24.2 Å². The van der Waals surface area contributed by atoms with Crippen LogP contribution in [0.2, 0.25) is 0 Å². The van der Waals surface area contributed by atoms with E-state index in [-0.39, 0.29) is 54.4 Å². The molecule has 1 aromatic carbocycles. The second-order valence-corrected chi connectivity index (χ2v) is 6.39. The number of halogens is 2. The third kappa shape index (κ3) is 10.4. The van der Waals surface area contributed by atoms with Crippen molar-refractivity contribution < 1.29 is 13.9 Å². The number of guanidine groups is 1. The second-order valence-electron chi connectivity index (χ2n) is 6.39. The lowest BCUT2D eigenvalue weighted by atomic mass is 10.2. The Hall–Kier alpha value is -1.58. The number of carbonyl (C=O) groups excluding carboxylic acids is 1. The highest BCUT2D eigenvalue weighted by Crippen LogP contribution is 2.14. The average molecular weight is 494 g/mol. The molecule has 1 amide bonds. The lowest BCUT2D eigenvalue weighted by Gasteiger charge is -2.22. The Kier molecular flexibility index (Phi) is 12.8. The van der Waals surface area contributed by atoms with Gasteiger partial charge in [-0.25, -0.2) is 9.38 Å². The van der Waals surface area contributed by atoms with E-state index in [4.69, 9.17) is 4.74 Å². The van der Waals surface area contributed by atoms with E-state index in [1.807, 2.05) is 13.8 Å². The van der Waals surface area contributed by atoms with Gasteiger partial charge in [0, 0.05) is 26.2 Å². The third-order valence-electron chi connectivity index (χ3n) is 3.92. The van der Waals surface area contributed by atoms with Gasteiger partial charge < -0.3 is 20.3 Å². The van der Waals surface area contributed by atoms with Crippen molar-refractivity contribution in [2.45, 2.75) is 45.8 Å². The van der Waals surface area contributed by atoms with E-state index < -0.39 is 0 Å². The van der Waals surface area contributed by atoms with Crippen LogP contribution in [0.5, 0.6) is 5.75 Å². The van der Waals surface area contributed by atoms with Gasteiger partial charge in [-0.1, -0.05) is 19.9 Å². The van der Waals surface area contributed by atoms with Gasteiger partial charge in [-0.15, -0.1) is 24.0 Å². The number of aliphatic imine (C=N–C) groups is 1. The summed E-state index contributed by atoms with van der Waals surface area (Å²) in [6.07, 6.45) is 1.53. The topological polar surface area (TPSA) is 66.0 Å². The van der Waals surface area contributed by atoms with Crippen LogP contribution in [0.1, 0.15) is 33.6 Å². The van der Waals surface area contributed by atoms with E-state index in [0.29, 0.717) is 18.3 Å². The normalized spacial score (nSPS) is 13.2. The molecule has 6 nitrogen and oxygen atoms in total. The fourth-order valence-electron chi connectivity index (χ4n) is 1.99. The van der Waals surface area contributed by atoms with E-state index in [1.54, 1.807) is 26.2 Å². The second kappa shape index (κ2) is 13.6. The molecular formula is C19H32FIN4O2. The Balaban J connectivity index is 0.00000676. The predicted molar refractivity (Wildman–Crippen MR) is 118 cm³/mol. The van der Waals surface area contributed by atoms with Gasteiger partial charge in [0.15, 0.2) is 5.96 Å². The predicted octanol–water partition coefficient (Wildman–Crippen LogP) is 3.02. The number of amides is 1. The summed E-state index contributed by atoms with van der Waals surface area (Å²) in [6.45, 7) is 6.68. The van der Waals surface area contributed by atoms with Crippen molar-refractivity contribution in [1.29, 1.82) is 0 Å². The summed E-state index contributed by atoms with van der Waals surface area (Å²) < 4.78 is 19.1. The number of rotatable bonds is 9. The maximum atomic E-state index is 13.3. The molecule has 0 bridgehead atoms. The molecule has 2 unspecified atom stereocenters. The molecule has 0 spiro atoms. The summed E-state index contributed by atoms with van der Waals surface area (Å²) in [5.41, 5.74) is 0. The Morgan fingerprint density at radius 3 is 2.56 bits per heavy atom. The summed E-state index contributed by atoms with van der Waals surface area (Å²) >= 11 is 0. The highest BCUT2D eigenvalue weighted by molar-refractivity contribution is 14.0. The molecule has 0 saturated carbocycles. The molecule has 0 aromatic heterocycles. The minimum atomic E-state index is -0.326. The fourth-order valence-corrected chi connectivity index (χ4v) is 1.99. The molecule has 0 aliphatic carbocycles. The van der Waals surface area contributed by atoms with Crippen molar-refractivity contribution >= 4 is 35.8 Å². The number of hydrogen-bond donors (Lipinski definition) is 2. The van der Waals surface area contributed by atoms with Crippen molar-refractivity contribution in [3.63, 3.8) is 0 Å². The zero-order chi connectivity index (χ0) is 19.5. The molecule has 1 rings (SSSR count). The minimum absolute atomic E-state index is 0. The summed E-state index contributed by atoms with van der Waals surface area (Å²) in [7, 11) is 3.40. The number of nitrogens with zero attached hydrogens (tertiary/aromatic N) is 2. The van der Waals surface area contributed by atoms with Crippen LogP contribution in [0.25, 0.3) is 0 Å². The van der Waals surface area contributed by atoms with E-state index in [9.17, 15) is 9.18 Å². The molecule has 0 radical (unpaired) electrons. The Bertz CT molecular complexity index is 599. The smallest absolute Gasteiger partial charge is 0.243 e. The van der Waals surface area contributed by atoms with Gasteiger partial charge in [-0.2, -0.15) is 0 Å². The van der Waals surface area contributed by atoms with Crippen molar-refractivity contribution in [1.82, 2.24) is 15.5 Å². The lowest BCUT2D eigenvalue weighted by molar-refractivity contribution is -0.127. The van der Waals surface area contributed by atoms with Crippen molar-refractivity contribution in [3.8, 4) is 5.75 Å². The van der Waals surface area contributed by atoms with Crippen molar-refractivity contribution in [2.75, 3.05) is 27.2 Å². The first-order valence-corrected chi connectivity index (χ1v) is 9.02. The molecule has 0 heterocycles. The van der Waals surface area contributed by atoms with Crippen LogP contribution in [0.15, 0.2) is 29.3 Å². The first-order chi connectivity index (χ1) is 12.3. The zero-order valence-electron chi connectivity index (χ0n) is 16.8. The van der Waals surface area contributed by atoms with Crippen LogP contribution in [0, 0.1) is 5.82 Å². The van der Waals surface area contributed by atoms with Crippen LogP contribution in [0.3, 0.4) is 0 Å². The molecule has 8 heteroatoms. The Labute approximate surface area is 179 Å². The molecule has 0 saturated heterocycles. The summed E-state index contributed by atoms with van der Waals surface area (Å²) in [6, 6.07) is 6.32. The lowest BCUT2D eigenvalue weighted by Crippen LogP contribution is -2.46. The highest BCUT2D eigenvalue weighted by atomic mass is 127. The number of hydrogen-bond acceptors (Lipinski definition) is 3. The largest absolute Gasteiger partial charge is 0.489 e. The standard InChI is InChI=1S/C19H31FN4O2.HI/c1-6-14(3)23-19(22-13-18(25)24(4)5)21-12-16(7-2)26-17-10-8-9-15(20)11-17;/h8-11,14,16H,6-7,12-13H2,1-5H3,(H2,21,22,23);1H. The van der Waals surface area contributed by atoms with Gasteiger partial charge in [0.05, 0.1) is 6.54 Å². The minimum Gasteiger partial charge on any atom is -0.489 e. The third-order valence-corrected chi connectivity index (χ3v) is 3.92. The molecule has 0 fully saturated rings. The first-order valence-electron chi connectivity index (χ1n) is 9.02.